The van der Waals surface area contributed by atoms with Crippen LogP contribution in [0.1, 0.15) is 51.5 Å². The predicted molar refractivity (Wildman–Crippen MR) is 110 cm³/mol. The molecule has 28 heavy (non-hydrogen) atoms. The highest BCUT2D eigenvalue weighted by Gasteiger charge is 2.58. The number of imide groups is 1. The minimum atomic E-state index is -0.680. The fourth-order valence-electron chi connectivity index (χ4n) is 5.56. The van der Waals surface area contributed by atoms with Gasteiger partial charge in [-0.3, -0.25) is 9.69 Å². The standard InChI is InChI=1S/C23H33N3O2/c1-17-7-6-8-18(2)23(17)21(27)26(22(28)24-23)16-25-13-11-20(12-14-25)15-19-9-4-3-5-10-19/h3-5,9-10,17-18,20H,6-8,11-16H2,1-2H3,(H,24,28). The Labute approximate surface area is 168 Å². The van der Waals surface area contributed by atoms with Crippen molar-refractivity contribution in [2.45, 2.75) is 57.9 Å². The summed E-state index contributed by atoms with van der Waals surface area (Å²) in [6.45, 7) is 6.57. The molecule has 5 nitrogen and oxygen atoms in total. The predicted octanol–water partition coefficient (Wildman–Crippen LogP) is 3.65. The Morgan fingerprint density at radius 2 is 1.64 bits per heavy atom. The molecule has 0 aromatic heterocycles. The summed E-state index contributed by atoms with van der Waals surface area (Å²) in [5, 5.41) is 3.11. The Morgan fingerprint density at radius 1 is 1.00 bits per heavy atom. The maximum atomic E-state index is 13.3. The van der Waals surface area contributed by atoms with E-state index < -0.39 is 5.54 Å². The molecule has 1 spiro atoms. The molecular formula is C23H33N3O2. The number of piperidine rings is 1. The molecule has 3 amide bonds. The van der Waals surface area contributed by atoms with Gasteiger partial charge in [-0.1, -0.05) is 50.6 Å². The highest BCUT2D eigenvalue weighted by molar-refractivity contribution is 6.07. The molecule has 1 N–H and O–H groups in total. The van der Waals surface area contributed by atoms with Gasteiger partial charge in [-0.15, -0.1) is 0 Å². The molecule has 4 rings (SSSR count). The Hall–Kier alpha value is -1.88. The van der Waals surface area contributed by atoms with Gasteiger partial charge in [0.25, 0.3) is 5.91 Å². The first-order valence-electron chi connectivity index (χ1n) is 10.9. The minimum Gasteiger partial charge on any atom is -0.323 e. The van der Waals surface area contributed by atoms with Gasteiger partial charge in [-0.05, 0) is 55.4 Å². The van der Waals surface area contributed by atoms with Crippen molar-refractivity contribution < 1.29 is 9.59 Å². The van der Waals surface area contributed by atoms with E-state index in [0.29, 0.717) is 12.6 Å². The first kappa shape index (κ1) is 19.4. The van der Waals surface area contributed by atoms with E-state index in [0.717, 1.165) is 51.6 Å². The molecule has 0 radical (unpaired) electrons. The van der Waals surface area contributed by atoms with Crippen molar-refractivity contribution in [1.82, 2.24) is 15.1 Å². The highest BCUT2D eigenvalue weighted by atomic mass is 16.2. The summed E-state index contributed by atoms with van der Waals surface area (Å²) < 4.78 is 0. The lowest BCUT2D eigenvalue weighted by Crippen LogP contribution is -2.59. The number of hydrogen-bond acceptors (Lipinski definition) is 3. The summed E-state index contributed by atoms with van der Waals surface area (Å²) in [6.07, 6.45) is 6.52. The molecule has 2 heterocycles. The average molecular weight is 384 g/mol. The van der Waals surface area contributed by atoms with Crippen LogP contribution >= 0.6 is 0 Å². The van der Waals surface area contributed by atoms with Gasteiger partial charge in [0.05, 0.1) is 6.67 Å². The maximum absolute atomic E-state index is 13.3. The van der Waals surface area contributed by atoms with Crippen LogP contribution in [-0.2, 0) is 11.2 Å². The summed E-state index contributed by atoms with van der Waals surface area (Å²) in [5.41, 5.74) is 0.721. The summed E-state index contributed by atoms with van der Waals surface area (Å²) >= 11 is 0. The van der Waals surface area contributed by atoms with Crippen LogP contribution in [0.4, 0.5) is 4.79 Å². The number of nitrogens with one attached hydrogen (secondary N) is 1. The van der Waals surface area contributed by atoms with Crippen molar-refractivity contribution in [2.24, 2.45) is 17.8 Å². The lowest BCUT2D eigenvalue weighted by Gasteiger charge is -2.42. The van der Waals surface area contributed by atoms with Crippen LogP contribution in [-0.4, -0.2) is 47.0 Å². The number of nitrogens with zero attached hydrogens (tertiary/aromatic N) is 2. The summed E-state index contributed by atoms with van der Waals surface area (Å²) in [7, 11) is 0. The topological polar surface area (TPSA) is 52.7 Å². The van der Waals surface area contributed by atoms with E-state index in [4.69, 9.17) is 0 Å². The molecule has 1 aromatic rings. The second kappa shape index (κ2) is 7.86. The number of carbonyl (C=O) groups excluding carboxylic acids is 2. The van der Waals surface area contributed by atoms with Crippen LogP contribution in [0.3, 0.4) is 0 Å². The molecule has 1 aromatic carbocycles. The molecule has 0 bridgehead atoms. The van der Waals surface area contributed by atoms with E-state index in [2.05, 4.69) is 54.4 Å². The molecule has 152 valence electrons. The van der Waals surface area contributed by atoms with Gasteiger partial charge < -0.3 is 5.32 Å². The molecule has 2 unspecified atom stereocenters. The number of carbonyl (C=O) groups is 2. The highest BCUT2D eigenvalue weighted by Crippen LogP contribution is 2.42. The number of benzene rings is 1. The number of rotatable bonds is 4. The normalized spacial score (nSPS) is 32.1. The van der Waals surface area contributed by atoms with Crippen LogP contribution in [0.5, 0.6) is 0 Å². The van der Waals surface area contributed by atoms with Crippen LogP contribution in [0.15, 0.2) is 30.3 Å². The quantitative estimate of drug-likeness (QED) is 0.808. The van der Waals surface area contributed by atoms with Crippen molar-refractivity contribution in [1.29, 1.82) is 0 Å². The van der Waals surface area contributed by atoms with Crippen molar-refractivity contribution >= 4 is 11.9 Å². The summed E-state index contributed by atoms with van der Waals surface area (Å²) in [6, 6.07) is 10.5. The van der Waals surface area contributed by atoms with E-state index in [1.807, 2.05) is 0 Å². The molecule has 1 aliphatic carbocycles. The molecule has 2 atom stereocenters. The second-order valence-corrected chi connectivity index (χ2v) is 9.16. The van der Waals surface area contributed by atoms with E-state index in [9.17, 15) is 9.59 Å². The third-order valence-electron chi connectivity index (χ3n) is 7.40. The first-order valence-corrected chi connectivity index (χ1v) is 10.9. The van der Waals surface area contributed by atoms with Crippen LogP contribution in [0.25, 0.3) is 0 Å². The van der Waals surface area contributed by atoms with E-state index in [1.54, 1.807) is 0 Å². The Bertz CT molecular complexity index is 702. The van der Waals surface area contributed by atoms with Gasteiger partial charge in [0.2, 0.25) is 0 Å². The molecule has 1 saturated carbocycles. The third kappa shape index (κ3) is 3.45. The maximum Gasteiger partial charge on any atom is 0.326 e. The molecular weight excluding hydrogens is 350 g/mol. The molecule has 5 heteroatoms. The van der Waals surface area contributed by atoms with Gasteiger partial charge >= 0.3 is 6.03 Å². The van der Waals surface area contributed by atoms with Crippen LogP contribution < -0.4 is 5.32 Å². The number of amides is 3. The zero-order valence-electron chi connectivity index (χ0n) is 17.2. The fourth-order valence-corrected chi connectivity index (χ4v) is 5.56. The molecule has 2 saturated heterocycles. The lowest BCUT2D eigenvalue weighted by atomic mass is 9.67. The zero-order chi connectivity index (χ0) is 19.7. The molecule has 2 aliphatic heterocycles. The summed E-state index contributed by atoms with van der Waals surface area (Å²) in [5.74, 6) is 1.10. The van der Waals surface area contributed by atoms with Gasteiger partial charge in [0.15, 0.2) is 0 Å². The monoisotopic (exact) mass is 383 g/mol. The Balaban J connectivity index is 1.35. The lowest BCUT2D eigenvalue weighted by molar-refractivity contribution is -0.138. The van der Waals surface area contributed by atoms with Gasteiger partial charge in [-0.25, -0.2) is 9.69 Å². The molecule has 3 fully saturated rings. The Kier molecular flexibility index (Phi) is 5.46. The largest absolute Gasteiger partial charge is 0.326 e. The molecule has 3 aliphatic rings. The van der Waals surface area contributed by atoms with E-state index >= 15 is 0 Å². The average Bonchev–Trinajstić information content (AvgIpc) is 2.94. The van der Waals surface area contributed by atoms with E-state index in [-0.39, 0.29) is 23.8 Å². The van der Waals surface area contributed by atoms with Gasteiger partial charge in [0, 0.05) is 13.1 Å². The van der Waals surface area contributed by atoms with Crippen LogP contribution in [0, 0.1) is 17.8 Å². The third-order valence-corrected chi connectivity index (χ3v) is 7.40. The summed E-state index contributed by atoms with van der Waals surface area (Å²) in [4.78, 5) is 29.8. The number of likely N-dealkylation sites (tertiary alicyclic amines) is 1. The number of hydrogen-bond donors (Lipinski definition) is 1. The first-order chi connectivity index (χ1) is 13.5. The minimum absolute atomic E-state index is 0.00334. The fraction of sp³-hybridized carbons (Fsp3) is 0.652. The second-order valence-electron chi connectivity index (χ2n) is 9.16. The van der Waals surface area contributed by atoms with Gasteiger partial charge in [-0.2, -0.15) is 0 Å². The van der Waals surface area contributed by atoms with Crippen molar-refractivity contribution in [3.05, 3.63) is 35.9 Å². The smallest absolute Gasteiger partial charge is 0.323 e. The van der Waals surface area contributed by atoms with E-state index in [1.165, 1.54) is 10.5 Å². The Morgan fingerprint density at radius 3 is 2.29 bits per heavy atom. The zero-order valence-corrected chi connectivity index (χ0v) is 17.2. The SMILES string of the molecule is CC1CCCC(C)C12NC(=O)N(CN1CCC(Cc3ccccc3)CC1)C2=O. The van der Waals surface area contributed by atoms with Crippen molar-refractivity contribution in [3.63, 3.8) is 0 Å². The van der Waals surface area contributed by atoms with Crippen molar-refractivity contribution in [2.75, 3.05) is 19.8 Å². The number of urea groups is 1. The van der Waals surface area contributed by atoms with Crippen molar-refractivity contribution in [3.8, 4) is 0 Å². The van der Waals surface area contributed by atoms with Crippen LogP contribution in [0.2, 0.25) is 0 Å². The van der Waals surface area contributed by atoms with Gasteiger partial charge in [0.1, 0.15) is 5.54 Å².